The Morgan fingerprint density at radius 1 is 1.50 bits per heavy atom. The van der Waals surface area contributed by atoms with Crippen LogP contribution >= 0.6 is 27.3 Å². The number of aromatic nitrogens is 2. The number of hydrogen-bond donors (Lipinski definition) is 2. The van der Waals surface area contributed by atoms with Crippen molar-refractivity contribution in [3.05, 3.63) is 27.8 Å². The quantitative estimate of drug-likeness (QED) is 0.887. The second-order valence-electron chi connectivity index (χ2n) is 4.72. The van der Waals surface area contributed by atoms with Crippen LogP contribution in [-0.4, -0.2) is 22.0 Å². The Labute approximate surface area is 129 Å². The second kappa shape index (κ2) is 5.49. The predicted octanol–water partition coefficient (Wildman–Crippen LogP) is 3.56. The molecule has 0 radical (unpaired) electrons. The first kappa shape index (κ1) is 13.5. The molecule has 1 saturated carbocycles. The fraction of sp³-hybridized carbons (Fsp3) is 0.308. The molecule has 5 nitrogen and oxygen atoms in total. The van der Waals surface area contributed by atoms with E-state index in [1.807, 2.05) is 18.4 Å². The van der Waals surface area contributed by atoms with Crippen LogP contribution < -0.4 is 10.6 Å². The van der Waals surface area contributed by atoms with Crippen molar-refractivity contribution in [2.75, 3.05) is 5.32 Å². The summed E-state index contributed by atoms with van der Waals surface area (Å²) < 4.78 is 0.861. The molecule has 2 N–H and O–H groups in total. The third-order valence-corrected chi connectivity index (χ3v) is 4.48. The van der Waals surface area contributed by atoms with E-state index in [2.05, 4.69) is 36.5 Å². The lowest BCUT2D eigenvalue weighted by molar-refractivity contribution is 0.251. The zero-order valence-corrected chi connectivity index (χ0v) is 13.2. The van der Waals surface area contributed by atoms with E-state index in [0.717, 1.165) is 33.6 Å². The van der Waals surface area contributed by atoms with Crippen molar-refractivity contribution in [1.29, 1.82) is 0 Å². The molecule has 7 heteroatoms. The van der Waals surface area contributed by atoms with Gasteiger partial charge in [0.25, 0.3) is 0 Å². The van der Waals surface area contributed by atoms with Crippen molar-refractivity contribution in [3.8, 4) is 10.6 Å². The molecule has 20 heavy (non-hydrogen) atoms. The first-order valence-electron chi connectivity index (χ1n) is 6.27. The number of aryl methyl sites for hydroxylation is 1. The van der Waals surface area contributed by atoms with Gasteiger partial charge in [0.05, 0.1) is 0 Å². The van der Waals surface area contributed by atoms with E-state index in [1.54, 1.807) is 17.5 Å². The largest absolute Gasteiger partial charge is 0.335 e. The van der Waals surface area contributed by atoms with E-state index >= 15 is 0 Å². The van der Waals surface area contributed by atoms with Crippen LogP contribution in [0.1, 0.15) is 18.5 Å². The molecule has 1 aliphatic carbocycles. The molecule has 2 amide bonds. The summed E-state index contributed by atoms with van der Waals surface area (Å²) in [5.41, 5.74) is 1.91. The molecule has 0 bridgehead atoms. The lowest BCUT2D eigenvalue weighted by Gasteiger charge is -2.08. The fourth-order valence-corrected chi connectivity index (χ4v) is 3.08. The first-order valence-corrected chi connectivity index (χ1v) is 7.94. The molecule has 1 fully saturated rings. The summed E-state index contributed by atoms with van der Waals surface area (Å²) in [6, 6.07) is 1.95. The van der Waals surface area contributed by atoms with Crippen molar-refractivity contribution in [3.63, 3.8) is 0 Å². The number of hydrogen-bond acceptors (Lipinski definition) is 4. The van der Waals surface area contributed by atoms with Gasteiger partial charge in [0.2, 0.25) is 0 Å². The van der Waals surface area contributed by atoms with Crippen LogP contribution in [0.3, 0.4) is 0 Å². The molecule has 0 spiro atoms. The van der Waals surface area contributed by atoms with Crippen molar-refractivity contribution < 1.29 is 4.79 Å². The Morgan fingerprint density at radius 2 is 2.30 bits per heavy atom. The van der Waals surface area contributed by atoms with Crippen LogP contribution in [0.4, 0.5) is 10.6 Å². The molecule has 0 aliphatic heterocycles. The average Bonchev–Trinajstić information content (AvgIpc) is 3.11. The molecular formula is C13H13BrN4OS. The maximum Gasteiger partial charge on any atom is 0.320 e. The minimum atomic E-state index is -0.205. The summed E-state index contributed by atoms with van der Waals surface area (Å²) in [5, 5.41) is 8.52. The number of halogens is 1. The van der Waals surface area contributed by atoms with Crippen molar-refractivity contribution >= 4 is 39.1 Å². The normalized spacial score (nSPS) is 14.1. The maximum atomic E-state index is 11.7. The number of nitrogens with one attached hydrogen (secondary N) is 2. The standard InChI is InChI=1S/C13H13BrN4OS/c1-7-6-20-12(16-7)9-4-11(15-5-10(9)14)18-13(19)17-8-2-3-8/h4-6,8H,2-3H2,1H3,(H2,15,17,18,19). The van der Waals surface area contributed by atoms with Gasteiger partial charge in [0, 0.05) is 33.3 Å². The number of carbonyl (C=O) groups is 1. The number of anilines is 1. The number of urea groups is 1. The van der Waals surface area contributed by atoms with Gasteiger partial charge >= 0.3 is 6.03 Å². The summed E-state index contributed by atoms with van der Waals surface area (Å²) in [5.74, 6) is 0.522. The highest BCUT2D eigenvalue weighted by Crippen LogP contribution is 2.31. The van der Waals surface area contributed by atoms with E-state index in [1.165, 1.54) is 0 Å². The lowest BCUT2D eigenvalue weighted by Crippen LogP contribution is -2.30. The van der Waals surface area contributed by atoms with E-state index in [-0.39, 0.29) is 6.03 Å². The zero-order valence-electron chi connectivity index (χ0n) is 10.8. The number of rotatable bonds is 3. The van der Waals surface area contributed by atoms with Crippen molar-refractivity contribution in [2.45, 2.75) is 25.8 Å². The molecule has 0 aromatic carbocycles. The number of carbonyl (C=O) groups excluding carboxylic acids is 1. The van der Waals surface area contributed by atoms with Crippen LogP contribution in [0.15, 0.2) is 22.1 Å². The van der Waals surface area contributed by atoms with Crippen molar-refractivity contribution in [1.82, 2.24) is 15.3 Å². The SMILES string of the molecule is Cc1csc(-c2cc(NC(=O)NC3CC3)ncc2Br)n1. The van der Waals surface area contributed by atoms with Crippen LogP contribution in [0.25, 0.3) is 10.6 Å². The number of amides is 2. The molecule has 2 aromatic rings. The second-order valence-corrected chi connectivity index (χ2v) is 6.43. The summed E-state index contributed by atoms with van der Waals surface area (Å²) in [6.45, 7) is 1.96. The Kier molecular flexibility index (Phi) is 3.71. The molecule has 2 heterocycles. The van der Waals surface area contributed by atoms with Crippen LogP contribution in [0, 0.1) is 6.92 Å². The highest BCUT2D eigenvalue weighted by Gasteiger charge is 2.23. The Hall–Kier alpha value is -1.47. The lowest BCUT2D eigenvalue weighted by atomic mass is 10.2. The molecule has 0 unspecified atom stereocenters. The highest BCUT2D eigenvalue weighted by molar-refractivity contribution is 9.10. The minimum Gasteiger partial charge on any atom is -0.335 e. The van der Waals surface area contributed by atoms with Gasteiger partial charge in [-0.15, -0.1) is 11.3 Å². The topological polar surface area (TPSA) is 66.9 Å². The smallest absolute Gasteiger partial charge is 0.320 e. The van der Waals surface area contributed by atoms with Crippen LogP contribution in [0.2, 0.25) is 0 Å². The molecule has 2 aromatic heterocycles. The van der Waals surface area contributed by atoms with Crippen LogP contribution in [-0.2, 0) is 0 Å². The Morgan fingerprint density at radius 3 is 2.95 bits per heavy atom. The summed E-state index contributed by atoms with van der Waals surface area (Å²) in [7, 11) is 0. The fourth-order valence-electron chi connectivity index (χ4n) is 1.71. The van der Waals surface area contributed by atoms with E-state index in [4.69, 9.17) is 0 Å². The van der Waals surface area contributed by atoms with Crippen molar-refractivity contribution in [2.24, 2.45) is 0 Å². The van der Waals surface area contributed by atoms with Gasteiger partial charge in [-0.25, -0.2) is 14.8 Å². The maximum absolute atomic E-state index is 11.7. The third-order valence-electron chi connectivity index (χ3n) is 2.86. The Balaban J connectivity index is 1.80. The molecule has 0 atom stereocenters. The van der Waals surface area contributed by atoms with Gasteiger partial charge in [-0.2, -0.15) is 0 Å². The number of nitrogens with zero attached hydrogens (tertiary/aromatic N) is 2. The first-order chi connectivity index (χ1) is 9.61. The highest BCUT2D eigenvalue weighted by atomic mass is 79.9. The van der Waals surface area contributed by atoms with Gasteiger partial charge in [-0.3, -0.25) is 5.32 Å². The van der Waals surface area contributed by atoms with Gasteiger partial charge in [-0.1, -0.05) is 0 Å². The van der Waals surface area contributed by atoms with Gasteiger partial charge < -0.3 is 5.32 Å². The zero-order chi connectivity index (χ0) is 14.1. The van der Waals surface area contributed by atoms with Crippen LogP contribution in [0.5, 0.6) is 0 Å². The Bertz CT molecular complexity index is 654. The van der Waals surface area contributed by atoms with Gasteiger partial charge in [-0.05, 0) is 41.8 Å². The predicted molar refractivity (Wildman–Crippen MR) is 83.0 cm³/mol. The molecule has 1 aliphatic rings. The van der Waals surface area contributed by atoms with Gasteiger partial charge in [0.1, 0.15) is 10.8 Å². The summed E-state index contributed by atoms with van der Waals surface area (Å²) >= 11 is 5.04. The number of thiazole rings is 1. The molecular weight excluding hydrogens is 340 g/mol. The van der Waals surface area contributed by atoms with E-state index in [0.29, 0.717) is 11.9 Å². The number of pyridine rings is 1. The average molecular weight is 353 g/mol. The summed E-state index contributed by atoms with van der Waals surface area (Å²) in [6.07, 6.45) is 3.80. The monoisotopic (exact) mass is 352 g/mol. The molecule has 104 valence electrons. The summed E-state index contributed by atoms with van der Waals surface area (Å²) in [4.78, 5) is 20.4. The minimum absolute atomic E-state index is 0.205. The van der Waals surface area contributed by atoms with E-state index < -0.39 is 0 Å². The molecule has 0 saturated heterocycles. The molecule has 3 rings (SSSR count). The third kappa shape index (κ3) is 3.16. The van der Waals surface area contributed by atoms with E-state index in [9.17, 15) is 4.79 Å². The van der Waals surface area contributed by atoms with Gasteiger partial charge in [0.15, 0.2) is 0 Å².